The van der Waals surface area contributed by atoms with Gasteiger partial charge < -0.3 is 15.2 Å². The fourth-order valence-corrected chi connectivity index (χ4v) is 3.99. The predicted octanol–water partition coefficient (Wildman–Crippen LogP) is 4.37. The number of nitrogens with one attached hydrogen (secondary N) is 1. The molecule has 0 radical (unpaired) electrons. The average Bonchev–Trinajstić information content (AvgIpc) is 3.07. The zero-order chi connectivity index (χ0) is 23.4. The summed E-state index contributed by atoms with van der Waals surface area (Å²) in [5.41, 5.74) is 2.64. The number of aliphatic hydroxyl groups excluding tert-OH is 1. The lowest BCUT2D eigenvalue weighted by Gasteiger charge is -2.22. The van der Waals surface area contributed by atoms with Gasteiger partial charge in [0.15, 0.2) is 0 Å². The van der Waals surface area contributed by atoms with Crippen molar-refractivity contribution < 1.29 is 19.4 Å². The average molecular weight is 457 g/mol. The van der Waals surface area contributed by atoms with Gasteiger partial charge in [-0.1, -0.05) is 31.9 Å². The third-order valence-corrected chi connectivity index (χ3v) is 6.30. The number of rotatable bonds is 8. The standard InChI is InChI=1S/C25H29ClN2O4/c1-5-15(2)22(14-29)27-24(30)13-20-16(3)28(23-11-10-19(32-4)12-21(20)23)25(31)17-6-8-18(26)9-7-17/h6-12,15,22,29H,5,13-14H2,1-4H3,(H,27,30)/t15?,22-/m1/s1. The van der Waals surface area contributed by atoms with Crippen molar-refractivity contribution >= 4 is 34.3 Å². The van der Waals surface area contributed by atoms with Crippen LogP contribution in [-0.4, -0.2) is 41.2 Å². The first kappa shape index (κ1) is 23.8. The number of carbonyl (C=O) groups excluding carboxylic acids is 2. The Morgan fingerprint density at radius 2 is 1.88 bits per heavy atom. The highest BCUT2D eigenvalue weighted by Crippen LogP contribution is 2.31. The van der Waals surface area contributed by atoms with Crippen molar-refractivity contribution in [2.24, 2.45) is 5.92 Å². The number of hydrogen-bond acceptors (Lipinski definition) is 4. The molecule has 0 aliphatic rings. The van der Waals surface area contributed by atoms with Crippen molar-refractivity contribution in [3.8, 4) is 5.75 Å². The Bertz CT molecular complexity index is 1120. The summed E-state index contributed by atoms with van der Waals surface area (Å²) in [5, 5.41) is 13.9. The van der Waals surface area contributed by atoms with Crippen molar-refractivity contribution in [2.45, 2.75) is 39.7 Å². The Morgan fingerprint density at radius 1 is 1.19 bits per heavy atom. The largest absolute Gasteiger partial charge is 0.497 e. The molecule has 0 bridgehead atoms. The molecule has 1 heterocycles. The fourth-order valence-electron chi connectivity index (χ4n) is 3.87. The third-order valence-electron chi connectivity index (χ3n) is 6.05. The van der Waals surface area contributed by atoms with Crippen LogP contribution >= 0.6 is 11.6 Å². The summed E-state index contributed by atoms with van der Waals surface area (Å²) in [6, 6.07) is 11.9. The molecule has 3 rings (SSSR count). The summed E-state index contributed by atoms with van der Waals surface area (Å²) < 4.78 is 7.00. The first-order valence-corrected chi connectivity index (χ1v) is 11.1. The molecule has 2 N–H and O–H groups in total. The molecule has 0 fully saturated rings. The Morgan fingerprint density at radius 3 is 2.47 bits per heavy atom. The van der Waals surface area contributed by atoms with Crippen LogP contribution in [0.2, 0.25) is 5.02 Å². The molecule has 0 saturated carbocycles. The molecule has 1 aromatic heterocycles. The molecule has 3 aromatic rings. The summed E-state index contributed by atoms with van der Waals surface area (Å²) in [4.78, 5) is 26.2. The molecule has 0 saturated heterocycles. The summed E-state index contributed by atoms with van der Waals surface area (Å²) in [6.45, 7) is 5.73. The van der Waals surface area contributed by atoms with E-state index in [1.807, 2.05) is 32.9 Å². The van der Waals surface area contributed by atoms with E-state index in [0.29, 0.717) is 27.5 Å². The monoisotopic (exact) mass is 456 g/mol. The van der Waals surface area contributed by atoms with Crippen LogP contribution in [-0.2, 0) is 11.2 Å². The van der Waals surface area contributed by atoms with Crippen LogP contribution in [0.5, 0.6) is 5.75 Å². The van der Waals surface area contributed by atoms with Gasteiger partial charge in [-0.15, -0.1) is 0 Å². The Labute approximate surface area is 193 Å². The van der Waals surface area contributed by atoms with Crippen molar-refractivity contribution in [3.63, 3.8) is 0 Å². The number of halogens is 1. The highest BCUT2D eigenvalue weighted by Gasteiger charge is 2.24. The maximum Gasteiger partial charge on any atom is 0.262 e. The van der Waals surface area contributed by atoms with E-state index in [2.05, 4.69) is 5.32 Å². The molecule has 0 aliphatic heterocycles. The van der Waals surface area contributed by atoms with Gasteiger partial charge in [0.2, 0.25) is 5.91 Å². The van der Waals surface area contributed by atoms with E-state index in [1.54, 1.807) is 42.0 Å². The molecule has 2 atom stereocenters. The SMILES string of the molecule is CCC(C)[C@@H](CO)NC(=O)Cc1c(C)n(C(=O)c2ccc(Cl)cc2)c2ccc(OC)cc12. The van der Waals surface area contributed by atoms with Gasteiger partial charge in [-0.25, -0.2) is 0 Å². The van der Waals surface area contributed by atoms with Crippen LogP contribution in [0, 0.1) is 12.8 Å². The second-order valence-electron chi connectivity index (χ2n) is 8.01. The highest BCUT2D eigenvalue weighted by molar-refractivity contribution is 6.30. The van der Waals surface area contributed by atoms with E-state index >= 15 is 0 Å². The number of carbonyl (C=O) groups is 2. The molecule has 1 amide bonds. The number of nitrogens with zero attached hydrogens (tertiary/aromatic N) is 1. The topological polar surface area (TPSA) is 80.6 Å². The van der Waals surface area contributed by atoms with Gasteiger partial charge in [0.25, 0.3) is 5.91 Å². The normalized spacial score (nSPS) is 13.1. The van der Waals surface area contributed by atoms with Crippen molar-refractivity contribution in [1.82, 2.24) is 9.88 Å². The van der Waals surface area contributed by atoms with E-state index < -0.39 is 0 Å². The van der Waals surface area contributed by atoms with Crippen LogP contribution < -0.4 is 10.1 Å². The number of hydrogen-bond donors (Lipinski definition) is 2. The second kappa shape index (κ2) is 10.2. The lowest BCUT2D eigenvalue weighted by atomic mass is 9.99. The molecular weight excluding hydrogens is 428 g/mol. The minimum Gasteiger partial charge on any atom is -0.497 e. The number of benzene rings is 2. The number of amides is 1. The Hall–Kier alpha value is -2.83. The van der Waals surface area contributed by atoms with Crippen molar-refractivity contribution in [3.05, 3.63) is 64.3 Å². The van der Waals surface area contributed by atoms with Crippen LogP contribution in [0.15, 0.2) is 42.5 Å². The van der Waals surface area contributed by atoms with Gasteiger partial charge >= 0.3 is 0 Å². The zero-order valence-electron chi connectivity index (χ0n) is 18.8. The number of ether oxygens (including phenoxy) is 1. The maximum atomic E-state index is 13.4. The Kier molecular flexibility index (Phi) is 7.59. The first-order valence-electron chi connectivity index (χ1n) is 10.7. The van der Waals surface area contributed by atoms with Gasteiger partial charge in [0.05, 0.1) is 31.7 Å². The summed E-state index contributed by atoms with van der Waals surface area (Å²) >= 11 is 5.98. The van der Waals surface area contributed by atoms with Gasteiger partial charge in [0, 0.05) is 21.7 Å². The maximum absolute atomic E-state index is 13.4. The smallest absolute Gasteiger partial charge is 0.262 e. The number of fused-ring (bicyclic) bond motifs is 1. The second-order valence-corrected chi connectivity index (χ2v) is 8.45. The van der Waals surface area contributed by atoms with E-state index in [-0.39, 0.29) is 36.8 Å². The highest BCUT2D eigenvalue weighted by atomic mass is 35.5. The van der Waals surface area contributed by atoms with Crippen LogP contribution in [0.4, 0.5) is 0 Å². The lowest BCUT2D eigenvalue weighted by Crippen LogP contribution is -2.42. The van der Waals surface area contributed by atoms with E-state index in [9.17, 15) is 14.7 Å². The lowest BCUT2D eigenvalue weighted by molar-refractivity contribution is -0.121. The van der Waals surface area contributed by atoms with Crippen LogP contribution in [0.3, 0.4) is 0 Å². The van der Waals surface area contributed by atoms with Crippen molar-refractivity contribution in [1.29, 1.82) is 0 Å². The molecule has 1 unspecified atom stereocenters. The van der Waals surface area contributed by atoms with Gasteiger partial charge in [-0.2, -0.15) is 0 Å². The predicted molar refractivity (Wildman–Crippen MR) is 127 cm³/mol. The van der Waals surface area contributed by atoms with E-state index in [4.69, 9.17) is 16.3 Å². The quantitative estimate of drug-likeness (QED) is 0.527. The minimum absolute atomic E-state index is 0.0866. The molecule has 0 aliphatic carbocycles. The van der Waals surface area contributed by atoms with Gasteiger partial charge in [-0.3, -0.25) is 14.2 Å². The number of aromatic nitrogens is 1. The van der Waals surface area contributed by atoms with Crippen molar-refractivity contribution in [2.75, 3.05) is 13.7 Å². The summed E-state index contributed by atoms with van der Waals surface area (Å²) in [7, 11) is 1.58. The molecular formula is C25H29ClN2O4. The molecule has 32 heavy (non-hydrogen) atoms. The first-order chi connectivity index (χ1) is 15.3. The molecule has 7 heteroatoms. The van der Waals surface area contributed by atoms with Gasteiger partial charge in [-0.05, 0) is 60.9 Å². The fraction of sp³-hybridized carbons (Fsp3) is 0.360. The molecule has 170 valence electrons. The van der Waals surface area contributed by atoms with E-state index in [1.165, 1.54) is 0 Å². The Balaban J connectivity index is 2.04. The number of methoxy groups -OCH3 is 1. The molecule has 2 aromatic carbocycles. The summed E-state index contributed by atoms with van der Waals surface area (Å²) in [5.74, 6) is 0.392. The summed E-state index contributed by atoms with van der Waals surface area (Å²) in [6.07, 6.45) is 0.931. The van der Waals surface area contributed by atoms with Gasteiger partial charge in [0.1, 0.15) is 5.75 Å². The van der Waals surface area contributed by atoms with Crippen LogP contribution in [0.1, 0.15) is 41.9 Å². The number of aliphatic hydroxyl groups is 1. The minimum atomic E-state index is -0.314. The third kappa shape index (κ3) is 4.81. The molecule has 0 spiro atoms. The zero-order valence-corrected chi connectivity index (χ0v) is 19.6. The van der Waals surface area contributed by atoms with Crippen LogP contribution in [0.25, 0.3) is 10.9 Å². The molecule has 6 nitrogen and oxygen atoms in total. The van der Waals surface area contributed by atoms with E-state index in [0.717, 1.165) is 17.4 Å².